The highest BCUT2D eigenvalue weighted by Gasteiger charge is 2.52. The molecule has 23 heavy (non-hydrogen) atoms. The maximum absolute atomic E-state index is 6.13. The predicted octanol–water partition coefficient (Wildman–Crippen LogP) is 2.42. The quantitative estimate of drug-likeness (QED) is 0.798. The second kappa shape index (κ2) is 6.51. The van der Waals surface area contributed by atoms with E-state index in [4.69, 9.17) is 18.8 Å². The van der Waals surface area contributed by atoms with Gasteiger partial charge in [-0.15, -0.1) is 0 Å². The molecule has 0 N–H and O–H groups in total. The number of hydrogen-bond donors (Lipinski definition) is 0. The van der Waals surface area contributed by atoms with Crippen LogP contribution in [0.1, 0.15) is 52.7 Å². The first kappa shape index (κ1) is 16.9. The van der Waals surface area contributed by atoms with Gasteiger partial charge in [0.15, 0.2) is 6.29 Å². The molecule has 3 heterocycles. The highest BCUT2D eigenvalue weighted by Crippen LogP contribution is 2.36. The number of aromatic nitrogens is 1. The van der Waals surface area contributed by atoms with Crippen LogP contribution in [0.2, 0.25) is 0 Å². The molecule has 3 rings (SSSR count). The van der Waals surface area contributed by atoms with Gasteiger partial charge >= 0.3 is 7.12 Å². The molecule has 1 unspecified atom stereocenters. The lowest BCUT2D eigenvalue weighted by molar-refractivity contribution is -0.169. The zero-order chi connectivity index (χ0) is 16.5. The van der Waals surface area contributed by atoms with Crippen molar-refractivity contribution in [2.24, 2.45) is 0 Å². The Bertz CT molecular complexity index is 527. The molecule has 0 aromatic carbocycles. The van der Waals surface area contributed by atoms with Gasteiger partial charge in [0.2, 0.25) is 0 Å². The first-order valence-electron chi connectivity index (χ1n) is 8.42. The lowest BCUT2D eigenvalue weighted by Crippen LogP contribution is -2.41. The van der Waals surface area contributed by atoms with Gasteiger partial charge in [-0.25, -0.2) is 0 Å². The SMILES string of the molecule is CC1(C)OB(c2cccnc2COC2CCCCO2)OC1(C)C. The molecule has 5 nitrogen and oxygen atoms in total. The van der Waals surface area contributed by atoms with Crippen LogP contribution in [0.5, 0.6) is 0 Å². The van der Waals surface area contributed by atoms with Crippen molar-refractivity contribution in [1.82, 2.24) is 4.98 Å². The average Bonchev–Trinajstić information content (AvgIpc) is 2.75. The summed E-state index contributed by atoms with van der Waals surface area (Å²) < 4.78 is 23.8. The molecular weight excluding hydrogens is 293 g/mol. The molecule has 0 bridgehead atoms. The molecule has 2 aliphatic heterocycles. The van der Waals surface area contributed by atoms with Crippen molar-refractivity contribution in [3.63, 3.8) is 0 Å². The van der Waals surface area contributed by atoms with Crippen molar-refractivity contribution in [2.45, 2.75) is 71.1 Å². The molecular formula is C17H26BNO4. The first-order valence-corrected chi connectivity index (χ1v) is 8.42. The van der Waals surface area contributed by atoms with Crippen molar-refractivity contribution in [3.05, 3.63) is 24.0 Å². The van der Waals surface area contributed by atoms with Crippen LogP contribution in [-0.2, 0) is 25.4 Å². The van der Waals surface area contributed by atoms with E-state index in [1.54, 1.807) is 6.20 Å². The summed E-state index contributed by atoms with van der Waals surface area (Å²) in [6.07, 6.45) is 4.85. The Labute approximate surface area is 138 Å². The Balaban J connectivity index is 1.71. The van der Waals surface area contributed by atoms with E-state index in [1.807, 2.05) is 12.1 Å². The van der Waals surface area contributed by atoms with E-state index in [0.717, 1.165) is 37.0 Å². The number of hydrogen-bond acceptors (Lipinski definition) is 5. The van der Waals surface area contributed by atoms with Crippen LogP contribution in [0.15, 0.2) is 18.3 Å². The monoisotopic (exact) mass is 319 g/mol. The van der Waals surface area contributed by atoms with Gasteiger partial charge in [-0.1, -0.05) is 6.07 Å². The summed E-state index contributed by atoms with van der Waals surface area (Å²) in [7, 11) is -0.417. The second-order valence-corrected chi connectivity index (χ2v) is 7.23. The van der Waals surface area contributed by atoms with Crippen LogP contribution < -0.4 is 5.46 Å². The van der Waals surface area contributed by atoms with E-state index in [-0.39, 0.29) is 17.5 Å². The van der Waals surface area contributed by atoms with Crippen LogP contribution in [0, 0.1) is 0 Å². The average molecular weight is 319 g/mol. The van der Waals surface area contributed by atoms with Gasteiger partial charge in [-0.2, -0.15) is 0 Å². The fourth-order valence-corrected chi connectivity index (χ4v) is 2.77. The Morgan fingerprint density at radius 1 is 1.22 bits per heavy atom. The van der Waals surface area contributed by atoms with E-state index >= 15 is 0 Å². The molecule has 1 atom stereocenters. The Kier molecular flexibility index (Phi) is 4.79. The molecule has 2 aliphatic rings. The number of rotatable bonds is 4. The maximum atomic E-state index is 6.13. The van der Waals surface area contributed by atoms with Gasteiger partial charge in [0.25, 0.3) is 0 Å². The van der Waals surface area contributed by atoms with Crippen molar-refractivity contribution in [3.8, 4) is 0 Å². The molecule has 1 aromatic heterocycles. The summed E-state index contributed by atoms with van der Waals surface area (Å²) >= 11 is 0. The molecule has 126 valence electrons. The Hall–Kier alpha value is -0.945. The topological polar surface area (TPSA) is 49.8 Å². The molecule has 0 spiro atoms. The highest BCUT2D eigenvalue weighted by molar-refractivity contribution is 6.62. The molecule has 0 saturated carbocycles. The van der Waals surface area contributed by atoms with Gasteiger partial charge in [0.1, 0.15) is 0 Å². The molecule has 2 saturated heterocycles. The van der Waals surface area contributed by atoms with Crippen molar-refractivity contribution >= 4 is 12.6 Å². The van der Waals surface area contributed by atoms with Crippen LogP contribution in [0.4, 0.5) is 0 Å². The maximum Gasteiger partial charge on any atom is 0.496 e. The summed E-state index contributed by atoms with van der Waals surface area (Å²) in [5, 5.41) is 0. The zero-order valence-corrected chi connectivity index (χ0v) is 14.5. The third kappa shape index (κ3) is 3.60. The lowest BCUT2D eigenvalue weighted by atomic mass is 9.78. The van der Waals surface area contributed by atoms with Crippen molar-refractivity contribution in [2.75, 3.05) is 6.61 Å². The van der Waals surface area contributed by atoms with Crippen molar-refractivity contribution < 1.29 is 18.8 Å². The molecule has 0 aliphatic carbocycles. The summed E-state index contributed by atoms with van der Waals surface area (Å²) in [5.41, 5.74) is 1.05. The first-order chi connectivity index (χ1) is 10.9. The van der Waals surface area contributed by atoms with Gasteiger partial charge in [-0.3, -0.25) is 4.98 Å². The lowest BCUT2D eigenvalue weighted by Gasteiger charge is -2.32. The van der Waals surface area contributed by atoms with E-state index in [2.05, 4.69) is 32.7 Å². The molecule has 6 heteroatoms. The highest BCUT2D eigenvalue weighted by atomic mass is 16.7. The summed E-state index contributed by atoms with van der Waals surface area (Å²) in [4.78, 5) is 4.46. The van der Waals surface area contributed by atoms with Gasteiger partial charge < -0.3 is 18.8 Å². The summed E-state index contributed by atoms with van der Waals surface area (Å²) in [5.74, 6) is 0. The van der Waals surface area contributed by atoms with Crippen LogP contribution in [-0.4, -0.2) is 36.2 Å². The van der Waals surface area contributed by atoms with E-state index in [0.29, 0.717) is 6.61 Å². The van der Waals surface area contributed by atoms with E-state index < -0.39 is 7.12 Å². The number of nitrogens with zero attached hydrogens (tertiary/aromatic N) is 1. The van der Waals surface area contributed by atoms with Gasteiger partial charge in [-0.05, 0) is 53.0 Å². The van der Waals surface area contributed by atoms with Crippen molar-refractivity contribution in [1.29, 1.82) is 0 Å². The van der Waals surface area contributed by atoms with Crippen LogP contribution in [0.25, 0.3) is 0 Å². The summed E-state index contributed by atoms with van der Waals surface area (Å²) in [6.45, 7) is 9.39. The van der Waals surface area contributed by atoms with E-state index in [9.17, 15) is 0 Å². The normalized spacial score (nSPS) is 26.4. The smallest absolute Gasteiger partial charge is 0.399 e. The van der Waals surface area contributed by atoms with E-state index in [1.165, 1.54) is 0 Å². The minimum Gasteiger partial charge on any atom is -0.399 e. The van der Waals surface area contributed by atoms with Gasteiger partial charge in [0.05, 0.1) is 23.5 Å². The Morgan fingerprint density at radius 3 is 2.61 bits per heavy atom. The minimum absolute atomic E-state index is 0.128. The summed E-state index contributed by atoms with van der Waals surface area (Å²) in [6, 6.07) is 3.90. The van der Waals surface area contributed by atoms with Crippen LogP contribution >= 0.6 is 0 Å². The fourth-order valence-electron chi connectivity index (χ4n) is 2.77. The molecule has 1 aromatic rings. The zero-order valence-electron chi connectivity index (χ0n) is 14.5. The largest absolute Gasteiger partial charge is 0.496 e. The second-order valence-electron chi connectivity index (χ2n) is 7.23. The number of ether oxygens (including phenoxy) is 2. The molecule has 2 fully saturated rings. The standard InChI is InChI=1S/C17H26BNO4/c1-16(2)17(3,4)23-18(22-16)13-8-7-10-19-14(13)12-21-15-9-5-6-11-20-15/h7-8,10,15H,5-6,9,11-12H2,1-4H3. The number of pyridine rings is 1. The Morgan fingerprint density at radius 2 is 1.96 bits per heavy atom. The predicted molar refractivity (Wildman–Crippen MR) is 88.3 cm³/mol. The molecule has 0 radical (unpaired) electrons. The molecule has 0 amide bonds. The minimum atomic E-state index is -0.417. The van der Waals surface area contributed by atoms with Gasteiger partial charge in [0, 0.05) is 18.3 Å². The van der Waals surface area contributed by atoms with Crippen LogP contribution in [0.3, 0.4) is 0 Å². The fraction of sp³-hybridized carbons (Fsp3) is 0.706. The third-order valence-corrected chi connectivity index (χ3v) is 4.98. The third-order valence-electron chi connectivity index (χ3n) is 4.98.